The first-order valence-electron chi connectivity index (χ1n) is 3.89. The second-order valence-electron chi connectivity index (χ2n) is 2.71. The zero-order valence-corrected chi connectivity index (χ0v) is 8.62. The van der Waals surface area contributed by atoms with E-state index in [1.165, 1.54) is 4.90 Å². The first-order chi connectivity index (χ1) is 6.16. The molecule has 0 aliphatic carbocycles. The second kappa shape index (κ2) is 4.57. The normalized spacial score (nSPS) is 22.8. The summed E-state index contributed by atoms with van der Waals surface area (Å²) in [4.78, 5) is 23.7. The fourth-order valence-electron chi connectivity index (χ4n) is 1.21. The highest BCUT2D eigenvalue weighted by atomic mass is 79.9. The van der Waals surface area contributed by atoms with E-state index < -0.39 is 11.9 Å². The maximum atomic E-state index is 11.3. The van der Waals surface area contributed by atoms with Gasteiger partial charge in [-0.15, -0.1) is 0 Å². The maximum absolute atomic E-state index is 11.3. The molecule has 74 valence electrons. The number of hydrogen-bond acceptors (Lipinski definition) is 3. The Morgan fingerprint density at radius 2 is 2.31 bits per heavy atom. The minimum atomic E-state index is -0.612. The van der Waals surface area contributed by atoms with Gasteiger partial charge in [-0.3, -0.25) is 9.59 Å². The van der Waals surface area contributed by atoms with Crippen LogP contribution in [0.15, 0.2) is 0 Å². The minimum absolute atomic E-state index is 0.132. The smallest absolute Gasteiger partial charge is 0.242 e. The molecule has 1 rings (SSSR count). The largest absolute Gasteiger partial charge is 0.377 e. The molecule has 1 atom stereocenters. The van der Waals surface area contributed by atoms with Crippen LogP contribution in [0.25, 0.3) is 0 Å². The molecule has 1 aliphatic heterocycles. The molecule has 0 aromatic heterocycles. The van der Waals surface area contributed by atoms with Crippen molar-refractivity contribution in [2.24, 2.45) is 5.73 Å². The van der Waals surface area contributed by atoms with Crippen molar-refractivity contribution in [1.29, 1.82) is 0 Å². The number of nitrogens with zero attached hydrogens (tertiary/aromatic N) is 1. The minimum Gasteiger partial charge on any atom is -0.377 e. The molecule has 2 N–H and O–H groups in total. The van der Waals surface area contributed by atoms with Gasteiger partial charge >= 0.3 is 0 Å². The number of alkyl halides is 1. The lowest BCUT2D eigenvalue weighted by Gasteiger charge is -2.33. The number of amides is 2. The van der Waals surface area contributed by atoms with Gasteiger partial charge in [-0.2, -0.15) is 0 Å². The number of nitrogens with two attached hydrogens (primary N) is 1. The zero-order chi connectivity index (χ0) is 9.84. The Morgan fingerprint density at radius 1 is 1.62 bits per heavy atom. The second-order valence-corrected chi connectivity index (χ2v) is 3.27. The molecule has 5 nitrogen and oxygen atoms in total. The number of carbonyl (C=O) groups excluding carboxylic acids is 2. The van der Waals surface area contributed by atoms with Gasteiger partial charge in [0, 0.05) is 6.54 Å². The molecule has 13 heavy (non-hydrogen) atoms. The van der Waals surface area contributed by atoms with E-state index >= 15 is 0 Å². The van der Waals surface area contributed by atoms with Gasteiger partial charge < -0.3 is 15.4 Å². The zero-order valence-electron chi connectivity index (χ0n) is 7.03. The van der Waals surface area contributed by atoms with Crippen molar-refractivity contribution in [1.82, 2.24) is 4.90 Å². The molecule has 1 fully saturated rings. The highest BCUT2D eigenvalue weighted by molar-refractivity contribution is 9.09. The summed E-state index contributed by atoms with van der Waals surface area (Å²) in [5.74, 6) is -0.652. The summed E-state index contributed by atoms with van der Waals surface area (Å²) in [6, 6.07) is -0.612. The van der Waals surface area contributed by atoms with E-state index in [4.69, 9.17) is 10.5 Å². The van der Waals surface area contributed by atoms with Crippen molar-refractivity contribution >= 4 is 27.7 Å². The van der Waals surface area contributed by atoms with Gasteiger partial charge in [-0.05, 0) is 0 Å². The van der Waals surface area contributed by atoms with Crippen LogP contribution < -0.4 is 5.73 Å². The van der Waals surface area contributed by atoms with Crippen molar-refractivity contribution < 1.29 is 14.3 Å². The Bertz CT molecular complexity index is 222. The summed E-state index contributed by atoms with van der Waals surface area (Å²) in [6.45, 7) is 1.09. The average molecular weight is 251 g/mol. The molecule has 1 heterocycles. The molecule has 0 saturated carbocycles. The molecular formula is C7H11BrN2O3. The number of hydrogen-bond donors (Lipinski definition) is 1. The van der Waals surface area contributed by atoms with Crippen LogP contribution in [0.5, 0.6) is 0 Å². The lowest BCUT2D eigenvalue weighted by atomic mass is 10.2. The quantitative estimate of drug-likeness (QED) is 0.646. The molecular weight excluding hydrogens is 240 g/mol. The van der Waals surface area contributed by atoms with E-state index in [-0.39, 0.29) is 17.8 Å². The van der Waals surface area contributed by atoms with E-state index in [0.29, 0.717) is 13.2 Å². The van der Waals surface area contributed by atoms with Crippen LogP contribution in [0.2, 0.25) is 0 Å². The van der Waals surface area contributed by atoms with Crippen molar-refractivity contribution in [3.05, 3.63) is 0 Å². The summed E-state index contributed by atoms with van der Waals surface area (Å²) >= 11 is 3.04. The predicted molar refractivity (Wildman–Crippen MR) is 49.3 cm³/mol. The third kappa shape index (κ3) is 2.41. The van der Waals surface area contributed by atoms with Crippen LogP contribution in [0.4, 0.5) is 0 Å². The molecule has 1 unspecified atom stereocenters. The fraction of sp³-hybridized carbons (Fsp3) is 0.714. The van der Waals surface area contributed by atoms with Crippen molar-refractivity contribution in [3.63, 3.8) is 0 Å². The lowest BCUT2D eigenvalue weighted by Crippen LogP contribution is -2.55. The lowest BCUT2D eigenvalue weighted by molar-refractivity contribution is -0.145. The van der Waals surface area contributed by atoms with Gasteiger partial charge in [-0.25, -0.2) is 0 Å². The third-order valence-electron chi connectivity index (χ3n) is 1.89. The molecule has 0 spiro atoms. The number of primary amides is 1. The number of rotatable bonds is 2. The predicted octanol–water partition coefficient (Wildman–Crippen LogP) is -0.906. The van der Waals surface area contributed by atoms with Crippen LogP contribution in [0, 0.1) is 0 Å². The van der Waals surface area contributed by atoms with Gasteiger partial charge in [0.2, 0.25) is 11.8 Å². The first kappa shape index (κ1) is 10.5. The van der Waals surface area contributed by atoms with E-state index in [9.17, 15) is 9.59 Å². The number of halogens is 1. The molecule has 0 aromatic carbocycles. The Balaban J connectivity index is 2.67. The van der Waals surface area contributed by atoms with Crippen LogP contribution in [0.3, 0.4) is 0 Å². The number of carbonyl (C=O) groups is 2. The number of ether oxygens (including phenoxy) is 1. The molecule has 1 saturated heterocycles. The molecule has 1 aliphatic rings. The molecule has 0 bridgehead atoms. The summed E-state index contributed by atoms with van der Waals surface area (Å²) in [5, 5.41) is 0.205. The molecule has 0 aromatic rings. The third-order valence-corrected chi connectivity index (χ3v) is 2.37. The average Bonchev–Trinajstić information content (AvgIpc) is 2.16. The molecule has 0 radical (unpaired) electrons. The monoisotopic (exact) mass is 250 g/mol. The molecule has 6 heteroatoms. The van der Waals surface area contributed by atoms with Gasteiger partial charge in [-0.1, -0.05) is 15.9 Å². The van der Waals surface area contributed by atoms with Gasteiger partial charge in [0.05, 0.1) is 18.5 Å². The highest BCUT2D eigenvalue weighted by Crippen LogP contribution is 2.07. The van der Waals surface area contributed by atoms with E-state index in [1.54, 1.807) is 0 Å². The number of morpholine rings is 1. The van der Waals surface area contributed by atoms with E-state index in [1.807, 2.05) is 0 Å². The molecule has 2 amide bonds. The van der Waals surface area contributed by atoms with Crippen LogP contribution in [-0.4, -0.2) is 47.8 Å². The van der Waals surface area contributed by atoms with Crippen molar-refractivity contribution in [2.45, 2.75) is 6.04 Å². The summed E-state index contributed by atoms with van der Waals surface area (Å²) in [7, 11) is 0. The Kier molecular flexibility index (Phi) is 3.68. The van der Waals surface area contributed by atoms with Gasteiger partial charge in [0.15, 0.2) is 0 Å². The van der Waals surface area contributed by atoms with Gasteiger partial charge in [0.1, 0.15) is 6.04 Å². The van der Waals surface area contributed by atoms with E-state index in [0.717, 1.165) is 0 Å². The van der Waals surface area contributed by atoms with Crippen LogP contribution in [-0.2, 0) is 14.3 Å². The highest BCUT2D eigenvalue weighted by Gasteiger charge is 2.30. The summed E-state index contributed by atoms with van der Waals surface area (Å²) in [6.07, 6.45) is 0. The maximum Gasteiger partial charge on any atom is 0.242 e. The Labute approximate surface area is 84.3 Å². The van der Waals surface area contributed by atoms with Gasteiger partial charge in [0.25, 0.3) is 0 Å². The Morgan fingerprint density at radius 3 is 2.85 bits per heavy atom. The Hall–Kier alpha value is -0.620. The first-order valence-corrected chi connectivity index (χ1v) is 5.01. The SMILES string of the molecule is NC(=O)C1COCCN1C(=O)CBr. The van der Waals surface area contributed by atoms with Crippen LogP contribution >= 0.6 is 15.9 Å². The standard InChI is InChI=1S/C7H11BrN2O3/c8-3-6(11)10-1-2-13-4-5(10)7(9)12/h5H,1-4H2,(H2,9,12). The van der Waals surface area contributed by atoms with Crippen LogP contribution in [0.1, 0.15) is 0 Å². The topological polar surface area (TPSA) is 72.6 Å². The van der Waals surface area contributed by atoms with Crippen molar-refractivity contribution in [2.75, 3.05) is 25.1 Å². The summed E-state index contributed by atoms with van der Waals surface area (Å²) < 4.78 is 5.06. The fourth-order valence-corrected chi connectivity index (χ4v) is 1.54. The summed E-state index contributed by atoms with van der Waals surface area (Å²) in [5.41, 5.74) is 5.12. The van der Waals surface area contributed by atoms with E-state index in [2.05, 4.69) is 15.9 Å². The van der Waals surface area contributed by atoms with Crippen molar-refractivity contribution in [3.8, 4) is 0 Å².